The van der Waals surface area contributed by atoms with Crippen molar-refractivity contribution in [3.8, 4) is 0 Å². The summed E-state index contributed by atoms with van der Waals surface area (Å²) in [5.41, 5.74) is -1.18. The van der Waals surface area contributed by atoms with E-state index in [1.54, 1.807) is 0 Å². The Balaban J connectivity index is 2.37. The molecule has 1 aliphatic carbocycles. The SMILES string of the molecule is CCCCCCCCCCOC(C)COP(=O)(SCCC(CCCC)C1CCCCC1)C(=O)OO. The first-order valence-corrected chi connectivity index (χ1v) is 17.5. The predicted molar refractivity (Wildman–Crippen MR) is 147 cm³/mol. The van der Waals surface area contributed by atoms with E-state index in [0.29, 0.717) is 18.3 Å². The molecule has 1 fully saturated rings. The van der Waals surface area contributed by atoms with Gasteiger partial charge in [-0.1, -0.05) is 122 Å². The second-order valence-corrected chi connectivity index (χ2v) is 14.7. The van der Waals surface area contributed by atoms with Gasteiger partial charge in [0.25, 0.3) is 0 Å². The van der Waals surface area contributed by atoms with Crippen molar-refractivity contribution >= 4 is 23.7 Å². The van der Waals surface area contributed by atoms with Gasteiger partial charge in [0.15, 0.2) is 0 Å². The van der Waals surface area contributed by atoms with Crippen molar-refractivity contribution < 1.29 is 28.8 Å². The number of carbonyl (C=O) groups excluding carboxylic acids is 1. The highest BCUT2D eigenvalue weighted by Gasteiger charge is 2.37. The van der Waals surface area contributed by atoms with Gasteiger partial charge in [-0.05, 0) is 31.6 Å². The first-order chi connectivity index (χ1) is 17.0. The van der Waals surface area contributed by atoms with Crippen molar-refractivity contribution in [2.24, 2.45) is 11.8 Å². The molecule has 1 rings (SSSR count). The molecule has 3 atom stereocenters. The average Bonchev–Trinajstić information content (AvgIpc) is 2.88. The van der Waals surface area contributed by atoms with Gasteiger partial charge < -0.3 is 9.26 Å². The van der Waals surface area contributed by atoms with Gasteiger partial charge in [0.05, 0.1) is 12.7 Å². The molecule has 0 aromatic heterocycles. The highest BCUT2D eigenvalue weighted by Crippen LogP contribution is 2.61. The van der Waals surface area contributed by atoms with Crippen molar-refractivity contribution in [3.63, 3.8) is 0 Å². The first kappa shape index (κ1) is 33.0. The second-order valence-electron chi connectivity index (χ2n) is 10.2. The molecule has 1 N–H and O–H groups in total. The summed E-state index contributed by atoms with van der Waals surface area (Å²) in [7, 11) is 0. The fourth-order valence-corrected chi connectivity index (χ4v) is 8.28. The number of ether oxygens (including phenoxy) is 1. The van der Waals surface area contributed by atoms with Crippen molar-refractivity contribution in [1.29, 1.82) is 0 Å². The van der Waals surface area contributed by atoms with Crippen LogP contribution in [0.15, 0.2) is 0 Å². The summed E-state index contributed by atoms with van der Waals surface area (Å²) < 4.78 is 24.5. The minimum Gasteiger partial charge on any atom is -0.376 e. The Morgan fingerprint density at radius 2 is 1.57 bits per heavy atom. The number of rotatable bonds is 22. The van der Waals surface area contributed by atoms with Crippen molar-refractivity contribution in [2.75, 3.05) is 19.0 Å². The molecule has 1 aliphatic rings. The molecule has 0 saturated heterocycles. The van der Waals surface area contributed by atoms with Crippen LogP contribution >= 0.6 is 18.0 Å². The zero-order valence-corrected chi connectivity index (χ0v) is 24.4. The molecule has 0 aliphatic heterocycles. The van der Waals surface area contributed by atoms with Gasteiger partial charge in [-0.25, -0.2) is 4.79 Å². The Morgan fingerprint density at radius 3 is 2.20 bits per heavy atom. The molecule has 208 valence electrons. The zero-order chi connectivity index (χ0) is 25.8. The zero-order valence-electron chi connectivity index (χ0n) is 22.7. The van der Waals surface area contributed by atoms with Crippen LogP contribution in [-0.2, 0) is 18.7 Å². The molecule has 0 aromatic rings. The molecule has 1 saturated carbocycles. The summed E-state index contributed by atoms with van der Waals surface area (Å²) in [5.74, 6) is 1.88. The summed E-state index contributed by atoms with van der Waals surface area (Å²) in [4.78, 5) is 16.0. The Kier molecular flexibility index (Phi) is 19.7. The van der Waals surface area contributed by atoms with Gasteiger partial charge in [-0.2, -0.15) is 5.26 Å². The molecule has 0 bridgehead atoms. The van der Waals surface area contributed by atoms with Crippen molar-refractivity contribution in [3.05, 3.63) is 0 Å². The summed E-state index contributed by atoms with van der Waals surface area (Å²) in [5, 5.41) is 8.91. The summed E-state index contributed by atoms with van der Waals surface area (Å²) in [6.45, 7) is 3.14. The molecule has 8 heteroatoms. The van der Waals surface area contributed by atoms with Crippen LogP contribution in [0.4, 0.5) is 4.79 Å². The van der Waals surface area contributed by atoms with Crippen LogP contribution in [0.5, 0.6) is 0 Å². The largest absolute Gasteiger partial charge is 0.434 e. The monoisotopic (exact) mass is 536 g/mol. The Bertz CT molecular complexity index is 570. The lowest BCUT2D eigenvalue weighted by atomic mass is 9.77. The van der Waals surface area contributed by atoms with E-state index in [1.165, 1.54) is 89.9 Å². The van der Waals surface area contributed by atoms with E-state index in [4.69, 9.17) is 14.5 Å². The van der Waals surface area contributed by atoms with E-state index in [1.807, 2.05) is 6.92 Å². The molecular weight excluding hydrogens is 483 g/mol. The lowest BCUT2D eigenvalue weighted by Crippen LogP contribution is -2.19. The molecular formula is C27H53O6PS. The van der Waals surface area contributed by atoms with Crippen LogP contribution in [0.25, 0.3) is 0 Å². The van der Waals surface area contributed by atoms with Gasteiger partial charge in [0.2, 0.25) is 0 Å². The Hall–Kier alpha value is -0.0700. The molecule has 0 aromatic carbocycles. The number of hydrogen-bond donors (Lipinski definition) is 1. The maximum Gasteiger partial charge on any atom is 0.434 e. The fourth-order valence-electron chi connectivity index (χ4n) is 4.98. The normalized spacial score (nSPS) is 18.2. The number of hydrogen-bond acceptors (Lipinski definition) is 7. The maximum absolute atomic E-state index is 13.2. The minimum atomic E-state index is -3.82. The van der Waals surface area contributed by atoms with E-state index in [-0.39, 0.29) is 12.7 Å². The first-order valence-electron chi connectivity index (χ1n) is 14.3. The molecule has 0 radical (unpaired) electrons. The van der Waals surface area contributed by atoms with Crippen LogP contribution in [0.2, 0.25) is 0 Å². The van der Waals surface area contributed by atoms with Crippen LogP contribution in [-0.4, -0.2) is 36.0 Å². The maximum atomic E-state index is 13.2. The van der Waals surface area contributed by atoms with Gasteiger partial charge in [-0.15, -0.1) is 0 Å². The molecule has 35 heavy (non-hydrogen) atoms. The standard InChI is InChI=1S/C27H53O6PS/c1-4-6-8-9-10-11-12-16-21-31-24(3)23-32-34(30,27(28)33-29)35-22-20-26(17-7-5-2)25-18-14-13-15-19-25/h24-26,29H,4-23H2,1-3H3. The van der Waals surface area contributed by atoms with Crippen LogP contribution in [0, 0.1) is 11.8 Å². The Labute approximate surface area is 219 Å². The van der Waals surface area contributed by atoms with Gasteiger partial charge in [0, 0.05) is 12.4 Å². The van der Waals surface area contributed by atoms with Crippen molar-refractivity contribution in [1.82, 2.24) is 0 Å². The summed E-state index contributed by atoms with van der Waals surface area (Å²) >= 11 is 1.01. The number of unbranched alkanes of at least 4 members (excludes halogenated alkanes) is 8. The smallest absolute Gasteiger partial charge is 0.376 e. The molecule has 6 nitrogen and oxygen atoms in total. The van der Waals surface area contributed by atoms with Crippen LogP contribution in [0.3, 0.4) is 0 Å². The van der Waals surface area contributed by atoms with Gasteiger partial charge >= 0.3 is 12.3 Å². The molecule has 0 spiro atoms. The summed E-state index contributed by atoms with van der Waals surface area (Å²) in [6.07, 6.45) is 20.6. The third-order valence-electron chi connectivity index (χ3n) is 7.18. The quantitative estimate of drug-likeness (QED) is 0.0638. The lowest BCUT2D eigenvalue weighted by Gasteiger charge is -2.30. The highest BCUT2D eigenvalue weighted by molar-refractivity contribution is 8.61. The predicted octanol–water partition coefficient (Wildman–Crippen LogP) is 9.86. The lowest BCUT2D eigenvalue weighted by molar-refractivity contribution is -0.168. The summed E-state index contributed by atoms with van der Waals surface area (Å²) in [6, 6.07) is 0. The van der Waals surface area contributed by atoms with Gasteiger partial charge in [-0.3, -0.25) is 9.45 Å². The van der Waals surface area contributed by atoms with Crippen LogP contribution in [0.1, 0.15) is 130 Å². The third kappa shape index (κ3) is 15.1. The van der Waals surface area contributed by atoms with E-state index < -0.39 is 12.3 Å². The average molecular weight is 537 g/mol. The highest BCUT2D eigenvalue weighted by atomic mass is 32.7. The third-order valence-corrected chi connectivity index (χ3v) is 11.3. The fraction of sp³-hybridized carbons (Fsp3) is 0.963. The van der Waals surface area contributed by atoms with E-state index >= 15 is 0 Å². The number of carbonyl (C=O) groups is 1. The van der Waals surface area contributed by atoms with Crippen LogP contribution < -0.4 is 0 Å². The van der Waals surface area contributed by atoms with E-state index in [2.05, 4.69) is 18.7 Å². The van der Waals surface area contributed by atoms with E-state index in [0.717, 1.165) is 36.6 Å². The van der Waals surface area contributed by atoms with E-state index in [9.17, 15) is 9.36 Å². The minimum absolute atomic E-state index is 0.0400. The second kappa shape index (κ2) is 20.9. The molecule has 0 heterocycles. The topological polar surface area (TPSA) is 82.1 Å². The molecule has 0 amide bonds. The molecule has 3 unspecified atom stereocenters. The van der Waals surface area contributed by atoms with Gasteiger partial charge in [0.1, 0.15) is 0 Å². The van der Waals surface area contributed by atoms with Crippen molar-refractivity contribution in [2.45, 2.75) is 136 Å². The Morgan fingerprint density at radius 1 is 0.943 bits per heavy atom.